The number of hydrogen-bond donors (Lipinski definition) is 3. The van der Waals surface area contributed by atoms with Gasteiger partial charge in [0, 0.05) is 5.92 Å². The highest BCUT2D eigenvalue weighted by Gasteiger charge is 2.36. The molecule has 0 bridgehead atoms. The van der Waals surface area contributed by atoms with Crippen molar-refractivity contribution in [2.24, 2.45) is 11.7 Å². The van der Waals surface area contributed by atoms with Crippen LogP contribution in [-0.2, 0) is 0 Å². The Morgan fingerprint density at radius 1 is 1.50 bits per heavy atom. The minimum atomic E-state index is -1.79. The highest BCUT2D eigenvalue weighted by molar-refractivity contribution is 5.13. The van der Waals surface area contributed by atoms with Gasteiger partial charge >= 0.3 is 0 Å². The van der Waals surface area contributed by atoms with Crippen LogP contribution >= 0.6 is 0 Å². The van der Waals surface area contributed by atoms with Crippen molar-refractivity contribution in [1.29, 1.82) is 0 Å². The summed E-state index contributed by atoms with van der Waals surface area (Å²) in [5.41, 5.74) is 5.44. The van der Waals surface area contributed by atoms with Gasteiger partial charge in [-0.2, -0.15) is 0 Å². The average molecular weight is 169 g/mol. The maximum absolute atomic E-state index is 9.56. The van der Waals surface area contributed by atoms with E-state index >= 15 is 0 Å². The molecule has 1 aliphatic carbocycles. The molecule has 0 aromatic rings. The summed E-state index contributed by atoms with van der Waals surface area (Å²) < 4.78 is 0. The Bertz CT molecular complexity index is 207. The van der Waals surface area contributed by atoms with E-state index in [0.29, 0.717) is 6.42 Å². The van der Waals surface area contributed by atoms with Crippen LogP contribution in [0.3, 0.4) is 0 Å². The predicted octanol–water partition coefficient (Wildman–Crippen LogP) is 0.147. The summed E-state index contributed by atoms with van der Waals surface area (Å²) in [6, 6.07) is -0.640. The molecular weight excluding hydrogens is 154 g/mol. The first kappa shape index (κ1) is 9.45. The molecule has 0 amide bonds. The second-order valence-corrected chi connectivity index (χ2v) is 3.23. The number of allylic oxidation sites excluding steroid dienone is 3. The molecule has 1 unspecified atom stereocenters. The Balaban J connectivity index is 2.69. The Labute approximate surface area is 72.2 Å². The Kier molecular flexibility index (Phi) is 2.67. The first-order chi connectivity index (χ1) is 5.55. The lowest BCUT2D eigenvalue weighted by Crippen LogP contribution is -2.51. The van der Waals surface area contributed by atoms with Crippen LogP contribution in [-0.4, -0.2) is 22.0 Å². The quantitative estimate of drug-likeness (QED) is 0.515. The van der Waals surface area contributed by atoms with Crippen molar-refractivity contribution in [2.45, 2.75) is 25.2 Å². The van der Waals surface area contributed by atoms with E-state index in [-0.39, 0.29) is 5.92 Å². The number of hydrogen-bond acceptors (Lipinski definition) is 3. The Morgan fingerprint density at radius 2 is 2.17 bits per heavy atom. The van der Waals surface area contributed by atoms with E-state index < -0.39 is 11.8 Å². The molecule has 68 valence electrons. The predicted molar refractivity (Wildman–Crippen MR) is 47.2 cm³/mol. The second-order valence-electron chi connectivity index (χ2n) is 3.23. The number of aliphatic hydroxyl groups is 2. The summed E-state index contributed by atoms with van der Waals surface area (Å²) in [5.74, 6) is -2.08. The zero-order valence-electron chi connectivity index (χ0n) is 7.14. The molecule has 0 heterocycles. The SMILES string of the molecule is C[C@@H](N)C(O)(O)C1C=CC=CC1. The van der Waals surface area contributed by atoms with Crippen LogP contribution < -0.4 is 5.73 Å². The van der Waals surface area contributed by atoms with Crippen LogP contribution in [0.25, 0.3) is 0 Å². The summed E-state index contributed by atoms with van der Waals surface area (Å²) in [7, 11) is 0. The summed E-state index contributed by atoms with van der Waals surface area (Å²) in [6.07, 6.45) is 7.98. The van der Waals surface area contributed by atoms with Gasteiger partial charge in [-0.25, -0.2) is 0 Å². The van der Waals surface area contributed by atoms with Crippen molar-refractivity contribution in [3.8, 4) is 0 Å². The molecule has 3 heteroatoms. The Hall–Kier alpha value is -0.640. The van der Waals surface area contributed by atoms with E-state index in [1.54, 1.807) is 19.1 Å². The number of nitrogens with two attached hydrogens (primary N) is 1. The van der Waals surface area contributed by atoms with Crippen LogP contribution in [0.4, 0.5) is 0 Å². The molecule has 2 atom stereocenters. The fourth-order valence-corrected chi connectivity index (χ4v) is 1.23. The van der Waals surface area contributed by atoms with Gasteiger partial charge in [0.2, 0.25) is 0 Å². The zero-order chi connectivity index (χ0) is 9.19. The van der Waals surface area contributed by atoms with Crippen molar-refractivity contribution in [1.82, 2.24) is 0 Å². The first-order valence-electron chi connectivity index (χ1n) is 4.09. The van der Waals surface area contributed by atoms with Crippen molar-refractivity contribution in [3.63, 3.8) is 0 Å². The van der Waals surface area contributed by atoms with Gasteiger partial charge in [0.15, 0.2) is 5.79 Å². The molecule has 4 N–H and O–H groups in total. The van der Waals surface area contributed by atoms with Gasteiger partial charge in [-0.15, -0.1) is 0 Å². The van der Waals surface area contributed by atoms with Crippen LogP contribution in [0.15, 0.2) is 24.3 Å². The van der Waals surface area contributed by atoms with E-state index in [1.807, 2.05) is 12.2 Å². The third-order valence-corrected chi connectivity index (χ3v) is 2.20. The van der Waals surface area contributed by atoms with Gasteiger partial charge in [-0.1, -0.05) is 24.3 Å². The van der Waals surface area contributed by atoms with Gasteiger partial charge in [-0.05, 0) is 13.3 Å². The van der Waals surface area contributed by atoms with Crippen LogP contribution in [0.5, 0.6) is 0 Å². The monoisotopic (exact) mass is 169 g/mol. The Morgan fingerprint density at radius 3 is 2.58 bits per heavy atom. The molecule has 0 aromatic carbocycles. The minimum absolute atomic E-state index is 0.289. The van der Waals surface area contributed by atoms with Crippen LogP contribution in [0.2, 0.25) is 0 Å². The minimum Gasteiger partial charge on any atom is -0.364 e. The largest absolute Gasteiger partial charge is 0.364 e. The second kappa shape index (κ2) is 3.39. The lowest BCUT2D eigenvalue weighted by molar-refractivity contribution is -0.199. The summed E-state index contributed by atoms with van der Waals surface area (Å²) in [5, 5.41) is 19.1. The van der Waals surface area contributed by atoms with Gasteiger partial charge in [0.1, 0.15) is 0 Å². The lowest BCUT2D eigenvalue weighted by Gasteiger charge is -2.32. The molecule has 0 saturated heterocycles. The van der Waals surface area contributed by atoms with Crippen molar-refractivity contribution < 1.29 is 10.2 Å². The molecule has 1 aliphatic rings. The van der Waals surface area contributed by atoms with Crippen molar-refractivity contribution >= 4 is 0 Å². The summed E-state index contributed by atoms with van der Waals surface area (Å²) in [4.78, 5) is 0. The third-order valence-electron chi connectivity index (χ3n) is 2.20. The van der Waals surface area contributed by atoms with E-state index in [0.717, 1.165) is 0 Å². The summed E-state index contributed by atoms with van der Waals surface area (Å²) in [6.45, 7) is 1.59. The molecule has 0 fully saturated rings. The van der Waals surface area contributed by atoms with E-state index in [2.05, 4.69) is 0 Å². The zero-order valence-corrected chi connectivity index (χ0v) is 7.14. The van der Waals surface area contributed by atoms with Crippen molar-refractivity contribution in [3.05, 3.63) is 24.3 Å². The van der Waals surface area contributed by atoms with Crippen LogP contribution in [0.1, 0.15) is 13.3 Å². The molecule has 0 saturated carbocycles. The molecule has 0 aliphatic heterocycles. The van der Waals surface area contributed by atoms with Gasteiger partial charge < -0.3 is 15.9 Å². The van der Waals surface area contributed by atoms with Crippen molar-refractivity contribution in [2.75, 3.05) is 0 Å². The van der Waals surface area contributed by atoms with Crippen LogP contribution in [0, 0.1) is 5.92 Å². The fraction of sp³-hybridized carbons (Fsp3) is 0.556. The fourth-order valence-electron chi connectivity index (χ4n) is 1.23. The normalized spacial score (nSPS) is 25.8. The maximum atomic E-state index is 9.56. The smallest absolute Gasteiger partial charge is 0.184 e. The van der Waals surface area contributed by atoms with Gasteiger partial charge in [0.25, 0.3) is 0 Å². The lowest BCUT2D eigenvalue weighted by atomic mass is 9.88. The average Bonchev–Trinajstić information content (AvgIpc) is 2.06. The van der Waals surface area contributed by atoms with E-state index in [4.69, 9.17) is 5.73 Å². The molecular formula is C9H15NO2. The molecule has 0 spiro atoms. The number of rotatable bonds is 2. The topological polar surface area (TPSA) is 66.5 Å². The highest BCUT2D eigenvalue weighted by atomic mass is 16.5. The molecule has 3 nitrogen and oxygen atoms in total. The van der Waals surface area contributed by atoms with E-state index in [1.165, 1.54) is 0 Å². The molecule has 12 heavy (non-hydrogen) atoms. The maximum Gasteiger partial charge on any atom is 0.184 e. The summed E-state index contributed by atoms with van der Waals surface area (Å²) >= 11 is 0. The van der Waals surface area contributed by atoms with Gasteiger partial charge in [-0.3, -0.25) is 0 Å². The third kappa shape index (κ3) is 1.75. The highest BCUT2D eigenvalue weighted by Crippen LogP contribution is 2.25. The first-order valence-corrected chi connectivity index (χ1v) is 4.09. The van der Waals surface area contributed by atoms with E-state index in [9.17, 15) is 10.2 Å². The van der Waals surface area contributed by atoms with Gasteiger partial charge in [0.05, 0.1) is 6.04 Å². The molecule has 1 rings (SSSR count). The standard InChI is InChI=1S/C9H15NO2/c1-7(10)9(11,12)8-5-3-2-4-6-8/h2-5,7-8,11-12H,6,10H2,1H3/t7-,8?/m1/s1. The molecule has 0 radical (unpaired) electrons. The molecule has 0 aromatic heterocycles.